The van der Waals surface area contributed by atoms with Gasteiger partial charge in [0.05, 0.1) is 0 Å². The lowest BCUT2D eigenvalue weighted by Gasteiger charge is -2.18. The predicted molar refractivity (Wildman–Crippen MR) is 68.2 cm³/mol. The maximum absolute atomic E-state index is 11.1. The Morgan fingerprint density at radius 1 is 1.06 bits per heavy atom. The van der Waals surface area contributed by atoms with E-state index >= 15 is 0 Å². The molecule has 0 aliphatic heterocycles. The van der Waals surface area contributed by atoms with Crippen molar-refractivity contribution in [1.29, 1.82) is 0 Å². The number of nitrogens with one attached hydrogen (secondary N) is 1. The highest BCUT2D eigenvalue weighted by molar-refractivity contribution is 5.86. The van der Waals surface area contributed by atoms with Gasteiger partial charge < -0.3 is 5.32 Å². The number of amides is 1. The molecule has 0 radical (unpaired) electrons. The van der Waals surface area contributed by atoms with Gasteiger partial charge in [-0.15, -0.1) is 0 Å². The summed E-state index contributed by atoms with van der Waals surface area (Å²) in [7, 11) is 0. The van der Waals surface area contributed by atoms with Gasteiger partial charge in [0.1, 0.15) is 0 Å². The monoisotopic (exact) mass is 223 g/mol. The van der Waals surface area contributed by atoms with E-state index in [1.165, 1.54) is 63.9 Å². The van der Waals surface area contributed by atoms with E-state index in [1.54, 1.807) is 0 Å². The van der Waals surface area contributed by atoms with Crippen LogP contribution in [0.15, 0.2) is 12.7 Å². The molecule has 0 atom stereocenters. The third kappa shape index (κ3) is 5.94. The third-order valence-corrected chi connectivity index (χ3v) is 3.48. The van der Waals surface area contributed by atoms with Crippen LogP contribution < -0.4 is 5.32 Å². The zero-order chi connectivity index (χ0) is 11.6. The first-order valence-corrected chi connectivity index (χ1v) is 6.73. The maximum Gasteiger partial charge on any atom is 0.243 e. The van der Waals surface area contributed by atoms with Crippen molar-refractivity contribution in [2.24, 2.45) is 5.92 Å². The molecule has 0 spiro atoms. The molecule has 1 saturated carbocycles. The summed E-state index contributed by atoms with van der Waals surface area (Å²) in [5.74, 6) is 0.652. The highest BCUT2D eigenvalue weighted by Gasteiger charge is 2.10. The Hall–Kier alpha value is -0.790. The Labute approximate surface area is 99.5 Å². The van der Waals surface area contributed by atoms with Crippen LogP contribution in [0.4, 0.5) is 0 Å². The van der Waals surface area contributed by atoms with E-state index in [1.807, 2.05) is 0 Å². The van der Waals surface area contributed by atoms with E-state index in [9.17, 15) is 4.79 Å². The third-order valence-electron chi connectivity index (χ3n) is 3.48. The quantitative estimate of drug-likeness (QED) is 0.730. The van der Waals surface area contributed by atoms with Crippen molar-refractivity contribution in [3.8, 4) is 0 Å². The molecule has 0 aromatic carbocycles. The predicted octanol–water partition coefficient (Wildman–Crippen LogP) is 3.43. The number of hydrogen-bond acceptors (Lipinski definition) is 1. The second kappa shape index (κ2) is 8.37. The first kappa shape index (κ1) is 13.3. The molecule has 1 fully saturated rings. The zero-order valence-corrected chi connectivity index (χ0v) is 10.3. The largest absolute Gasteiger partial charge is 0.352 e. The highest BCUT2D eigenvalue weighted by Crippen LogP contribution is 2.20. The van der Waals surface area contributed by atoms with Crippen LogP contribution in [0.2, 0.25) is 0 Å². The van der Waals surface area contributed by atoms with E-state index in [-0.39, 0.29) is 5.91 Å². The second-order valence-corrected chi connectivity index (χ2v) is 4.87. The fraction of sp³-hybridized carbons (Fsp3) is 0.786. The minimum Gasteiger partial charge on any atom is -0.352 e. The van der Waals surface area contributed by atoms with Gasteiger partial charge in [-0.1, -0.05) is 51.5 Å². The van der Waals surface area contributed by atoms with Crippen molar-refractivity contribution in [3.63, 3.8) is 0 Å². The summed E-state index contributed by atoms with van der Waals surface area (Å²) in [5, 5.41) is 2.93. The molecule has 92 valence electrons. The molecule has 0 aromatic heterocycles. The van der Waals surface area contributed by atoms with Crippen LogP contribution in [0.1, 0.15) is 57.8 Å². The van der Waals surface area contributed by atoms with Gasteiger partial charge in [0.25, 0.3) is 0 Å². The fourth-order valence-corrected chi connectivity index (χ4v) is 2.42. The van der Waals surface area contributed by atoms with Crippen LogP contribution >= 0.6 is 0 Å². The summed E-state index contributed by atoms with van der Waals surface area (Å²) in [5.41, 5.74) is 0. The summed E-state index contributed by atoms with van der Waals surface area (Å²) in [4.78, 5) is 11.1. The van der Waals surface area contributed by atoms with Crippen LogP contribution in [0, 0.1) is 5.92 Å². The van der Waals surface area contributed by atoms with Crippen molar-refractivity contribution in [2.75, 3.05) is 6.54 Å². The molecular weight excluding hydrogens is 198 g/mol. The molecule has 16 heavy (non-hydrogen) atoms. The van der Waals surface area contributed by atoms with Crippen LogP contribution in [-0.2, 0) is 4.79 Å². The van der Waals surface area contributed by atoms with Gasteiger partial charge >= 0.3 is 0 Å². The van der Waals surface area contributed by atoms with Crippen LogP contribution in [-0.4, -0.2) is 12.5 Å². The van der Waals surface area contributed by atoms with E-state index < -0.39 is 0 Å². The van der Waals surface area contributed by atoms with E-state index in [0.29, 0.717) is 5.92 Å². The first-order valence-electron chi connectivity index (χ1n) is 6.73. The molecule has 2 heteroatoms. The SMILES string of the molecule is C=CC(=O)NCC1CCCCCCCCC1. The van der Waals surface area contributed by atoms with Crippen molar-refractivity contribution in [3.05, 3.63) is 12.7 Å². The number of carbonyl (C=O) groups is 1. The lowest BCUT2D eigenvalue weighted by atomic mass is 9.92. The van der Waals surface area contributed by atoms with Gasteiger partial charge in [-0.2, -0.15) is 0 Å². The molecule has 1 N–H and O–H groups in total. The van der Waals surface area contributed by atoms with Crippen molar-refractivity contribution in [1.82, 2.24) is 5.32 Å². The molecule has 1 aliphatic carbocycles. The normalized spacial score (nSPS) is 20.0. The molecule has 1 aliphatic rings. The first-order chi connectivity index (χ1) is 7.83. The lowest BCUT2D eigenvalue weighted by molar-refractivity contribution is -0.116. The molecule has 0 aromatic rings. The Kier molecular flexibility index (Phi) is 6.95. The van der Waals surface area contributed by atoms with E-state index in [2.05, 4.69) is 11.9 Å². The Bertz CT molecular complexity index is 203. The van der Waals surface area contributed by atoms with Gasteiger partial charge in [0, 0.05) is 6.54 Å². The van der Waals surface area contributed by atoms with Crippen LogP contribution in [0.5, 0.6) is 0 Å². The molecule has 0 bridgehead atoms. The van der Waals surface area contributed by atoms with Crippen molar-refractivity contribution >= 4 is 5.91 Å². The smallest absolute Gasteiger partial charge is 0.243 e. The molecule has 0 heterocycles. The van der Waals surface area contributed by atoms with Gasteiger partial charge in [-0.25, -0.2) is 0 Å². The number of hydrogen-bond donors (Lipinski definition) is 1. The Morgan fingerprint density at radius 2 is 1.56 bits per heavy atom. The minimum atomic E-state index is -0.0305. The average Bonchev–Trinajstić information content (AvgIpc) is 2.33. The highest BCUT2D eigenvalue weighted by atomic mass is 16.1. The van der Waals surface area contributed by atoms with E-state index in [4.69, 9.17) is 0 Å². The zero-order valence-electron chi connectivity index (χ0n) is 10.3. The van der Waals surface area contributed by atoms with Gasteiger partial charge in [0.2, 0.25) is 5.91 Å². The van der Waals surface area contributed by atoms with Crippen LogP contribution in [0.3, 0.4) is 0 Å². The molecular formula is C14H25NO. The van der Waals surface area contributed by atoms with Gasteiger partial charge in [0.15, 0.2) is 0 Å². The average molecular weight is 223 g/mol. The standard InChI is InChI=1S/C14H25NO/c1-2-14(16)15-12-13-10-8-6-4-3-5-7-9-11-13/h2,13H,1,3-12H2,(H,15,16). The van der Waals surface area contributed by atoms with Gasteiger partial charge in [-0.05, 0) is 24.8 Å². The van der Waals surface area contributed by atoms with Crippen molar-refractivity contribution < 1.29 is 4.79 Å². The lowest BCUT2D eigenvalue weighted by Crippen LogP contribution is -2.27. The second-order valence-electron chi connectivity index (χ2n) is 4.87. The summed E-state index contributed by atoms with van der Waals surface area (Å²) >= 11 is 0. The number of rotatable bonds is 3. The summed E-state index contributed by atoms with van der Waals surface area (Å²) in [6.07, 6.45) is 13.5. The maximum atomic E-state index is 11.1. The fourth-order valence-electron chi connectivity index (χ4n) is 2.42. The topological polar surface area (TPSA) is 29.1 Å². The Morgan fingerprint density at radius 3 is 2.06 bits per heavy atom. The Balaban J connectivity index is 2.24. The minimum absolute atomic E-state index is 0.0305. The number of carbonyl (C=O) groups excluding carboxylic acids is 1. The molecule has 1 rings (SSSR count). The summed E-state index contributed by atoms with van der Waals surface area (Å²) in [6.45, 7) is 4.31. The van der Waals surface area contributed by atoms with Crippen LogP contribution in [0.25, 0.3) is 0 Å². The summed E-state index contributed by atoms with van der Waals surface area (Å²) in [6, 6.07) is 0. The van der Waals surface area contributed by atoms with Gasteiger partial charge in [-0.3, -0.25) is 4.79 Å². The summed E-state index contributed by atoms with van der Waals surface area (Å²) < 4.78 is 0. The molecule has 1 amide bonds. The van der Waals surface area contributed by atoms with Crippen molar-refractivity contribution in [2.45, 2.75) is 57.8 Å². The molecule has 0 saturated heterocycles. The molecule has 0 unspecified atom stereocenters. The van der Waals surface area contributed by atoms with E-state index in [0.717, 1.165) is 6.54 Å². The molecule has 2 nitrogen and oxygen atoms in total.